The third kappa shape index (κ3) is 3.29. The monoisotopic (exact) mass is 397 g/mol. The van der Waals surface area contributed by atoms with Crippen molar-refractivity contribution in [3.63, 3.8) is 0 Å². The molecule has 1 aromatic heterocycles. The Hall–Kier alpha value is -2.81. The first kappa shape index (κ1) is 19.5. The number of halogens is 2. The van der Waals surface area contributed by atoms with Gasteiger partial charge in [0.15, 0.2) is 0 Å². The molecule has 0 saturated heterocycles. The van der Waals surface area contributed by atoms with Gasteiger partial charge in [-0.3, -0.25) is 0 Å². The molecule has 0 N–H and O–H groups in total. The molecule has 4 rings (SSSR count). The number of hydrogen-bond donors (Lipinski definition) is 0. The molecule has 1 aliphatic heterocycles. The topological polar surface area (TPSA) is 41.2 Å². The van der Waals surface area contributed by atoms with Gasteiger partial charge in [-0.1, -0.05) is 25.0 Å². The molecule has 1 fully saturated rings. The number of ether oxygens (including phenoxy) is 1. The van der Waals surface area contributed by atoms with E-state index >= 15 is 0 Å². The molecule has 0 bridgehead atoms. The van der Waals surface area contributed by atoms with Gasteiger partial charge in [0.2, 0.25) is 0 Å². The number of benzene rings is 1. The molecule has 2 heterocycles. The van der Waals surface area contributed by atoms with E-state index in [-0.39, 0.29) is 6.04 Å². The number of methoxy groups -OCH3 is 1. The van der Waals surface area contributed by atoms with Gasteiger partial charge in [0.25, 0.3) is 0 Å². The Morgan fingerprint density at radius 2 is 2.00 bits per heavy atom. The van der Waals surface area contributed by atoms with Crippen LogP contribution in [0.25, 0.3) is 16.6 Å². The average molecular weight is 397 g/mol. The van der Waals surface area contributed by atoms with Crippen molar-refractivity contribution in [1.82, 2.24) is 9.47 Å². The van der Waals surface area contributed by atoms with E-state index in [0.717, 1.165) is 42.3 Å². The second kappa shape index (κ2) is 8.28. The summed E-state index contributed by atoms with van der Waals surface area (Å²) in [5, 5.41) is 10.9. The summed E-state index contributed by atoms with van der Waals surface area (Å²) >= 11 is 0. The zero-order valence-electron chi connectivity index (χ0n) is 16.6. The van der Waals surface area contributed by atoms with Crippen molar-refractivity contribution in [3.05, 3.63) is 47.7 Å². The highest BCUT2D eigenvalue weighted by molar-refractivity contribution is 5.94. The molecule has 0 spiro atoms. The largest absolute Gasteiger partial charge is 0.497 e. The summed E-state index contributed by atoms with van der Waals surface area (Å²) in [5.74, 6) is 0.684. The first-order valence-corrected chi connectivity index (χ1v) is 10.1. The van der Waals surface area contributed by atoms with Crippen LogP contribution in [0.1, 0.15) is 43.0 Å². The second-order valence-corrected chi connectivity index (χ2v) is 7.62. The SMILES string of the molecule is COc1ccc2c(c1)c(C#N)c(C1=CC=CCN1C(CF)CF)n2C1CCCC1. The fourth-order valence-corrected chi connectivity index (χ4v) is 4.62. The Morgan fingerprint density at radius 3 is 2.66 bits per heavy atom. The molecule has 0 atom stereocenters. The maximum Gasteiger partial charge on any atom is 0.119 e. The lowest BCUT2D eigenvalue weighted by Gasteiger charge is -2.34. The molecule has 1 aromatic carbocycles. The molecule has 1 aliphatic carbocycles. The number of nitriles is 1. The predicted octanol–water partition coefficient (Wildman–Crippen LogP) is 5.16. The van der Waals surface area contributed by atoms with Gasteiger partial charge in [0, 0.05) is 18.0 Å². The van der Waals surface area contributed by atoms with Gasteiger partial charge >= 0.3 is 0 Å². The third-order valence-electron chi connectivity index (χ3n) is 6.05. The van der Waals surface area contributed by atoms with Crippen LogP contribution in [0, 0.1) is 11.3 Å². The van der Waals surface area contributed by atoms with Crippen LogP contribution in [-0.2, 0) is 0 Å². The van der Waals surface area contributed by atoms with Gasteiger partial charge in [-0.05, 0) is 37.1 Å². The highest BCUT2D eigenvalue weighted by Crippen LogP contribution is 2.42. The van der Waals surface area contributed by atoms with Gasteiger partial charge in [0.05, 0.1) is 35.6 Å². The van der Waals surface area contributed by atoms with E-state index in [9.17, 15) is 14.0 Å². The quantitative estimate of drug-likeness (QED) is 0.676. The average Bonchev–Trinajstić information content (AvgIpc) is 3.40. The number of alkyl halides is 2. The fourth-order valence-electron chi connectivity index (χ4n) is 4.62. The van der Waals surface area contributed by atoms with E-state index in [1.807, 2.05) is 36.4 Å². The summed E-state index contributed by atoms with van der Waals surface area (Å²) in [7, 11) is 1.60. The Labute approximate surface area is 169 Å². The van der Waals surface area contributed by atoms with Crippen molar-refractivity contribution in [1.29, 1.82) is 5.26 Å². The lowest BCUT2D eigenvalue weighted by Crippen LogP contribution is -2.39. The van der Waals surface area contributed by atoms with Crippen molar-refractivity contribution < 1.29 is 13.5 Å². The smallest absolute Gasteiger partial charge is 0.119 e. The number of allylic oxidation sites excluding steroid dienone is 2. The third-order valence-corrected chi connectivity index (χ3v) is 6.05. The Kier molecular flexibility index (Phi) is 5.57. The molecular weight excluding hydrogens is 372 g/mol. The van der Waals surface area contributed by atoms with Crippen LogP contribution in [0.3, 0.4) is 0 Å². The maximum absolute atomic E-state index is 13.6. The van der Waals surface area contributed by atoms with Crippen molar-refractivity contribution >= 4 is 16.6 Å². The molecule has 2 aliphatic rings. The highest BCUT2D eigenvalue weighted by Gasteiger charge is 2.31. The van der Waals surface area contributed by atoms with Gasteiger partial charge in [0.1, 0.15) is 25.2 Å². The van der Waals surface area contributed by atoms with Crippen LogP contribution in [0.5, 0.6) is 5.75 Å². The summed E-state index contributed by atoms with van der Waals surface area (Å²) < 4.78 is 34.8. The molecule has 1 saturated carbocycles. The maximum atomic E-state index is 13.6. The molecule has 0 amide bonds. The van der Waals surface area contributed by atoms with Gasteiger partial charge in [-0.25, -0.2) is 8.78 Å². The number of rotatable bonds is 6. The fraction of sp³-hybridized carbons (Fsp3) is 0.435. The minimum absolute atomic E-state index is 0.269. The molecule has 152 valence electrons. The van der Waals surface area contributed by atoms with Crippen molar-refractivity contribution in [3.8, 4) is 11.8 Å². The summed E-state index contributed by atoms with van der Waals surface area (Å²) in [5.41, 5.74) is 2.98. The first-order chi connectivity index (χ1) is 14.2. The Bertz CT molecular complexity index is 992. The summed E-state index contributed by atoms with van der Waals surface area (Å²) in [6.45, 7) is -1.13. The van der Waals surface area contributed by atoms with E-state index < -0.39 is 19.4 Å². The highest BCUT2D eigenvalue weighted by atomic mass is 19.1. The van der Waals surface area contributed by atoms with Crippen molar-refractivity contribution in [2.45, 2.75) is 37.8 Å². The van der Waals surface area contributed by atoms with E-state index in [0.29, 0.717) is 23.6 Å². The Balaban J connectivity index is 1.99. The normalized spacial score (nSPS) is 17.2. The van der Waals surface area contributed by atoms with Crippen LogP contribution in [0.4, 0.5) is 8.78 Å². The number of fused-ring (bicyclic) bond motifs is 1. The number of aromatic nitrogens is 1. The zero-order chi connectivity index (χ0) is 20.4. The van der Waals surface area contributed by atoms with Gasteiger partial charge < -0.3 is 14.2 Å². The van der Waals surface area contributed by atoms with Gasteiger partial charge in [-0.15, -0.1) is 0 Å². The molecule has 2 aromatic rings. The van der Waals surface area contributed by atoms with Crippen LogP contribution >= 0.6 is 0 Å². The van der Waals surface area contributed by atoms with E-state index in [2.05, 4.69) is 10.6 Å². The standard InChI is InChI=1S/C23H25F2N3O/c1-29-18-9-10-21-19(12-18)20(15-26)23(28(21)16-6-2-3-7-16)22-8-4-5-11-27(22)17(13-24)14-25/h4-5,8-10,12,16-17H,2-3,6-7,11,13-14H2,1H3. The lowest BCUT2D eigenvalue weighted by atomic mass is 10.1. The van der Waals surface area contributed by atoms with Crippen molar-refractivity contribution in [2.75, 3.05) is 27.0 Å². The van der Waals surface area contributed by atoms with Crippen LogP contribution < -0.4 is 4.74 Å². The number of nitrogens with zero attached hydrogens (tertiary/aromatic N) is 3. The van der Waals surface area contributed by atoms with Gasteiger partial charge in [-0.2, -0.15) is 5.26 Å². The summed E-state index contributed by atoms with van der Waals surface area (Å²) in [6, 6.07) is 7.55. The minimum atomic E-state index is -0.859. The van der Waals surface area contributed by atoms with Crippen LogP contribution in [0.15, 0.2) is 36.4 Å². The molecular formula is C23H25F2N3O. The molecule has 6 heteroatoms. The van der Waals surface area contributed by atoms with Crippen molar-refractivity contribution in [2.24, 2.45) is 0 Å². The lowest BCUT2D eigenvalue weighted by molar-refractivity contribution is 0.211. The molecule has 4 nitrogen and oxygen atoms in total. The van der Waals surface area contributed by atoms with E-state index in [1.165, 1.54) is 0 Å². The summed E-state index contributed by atoms with van der Waals surface area (Å²) in [4.78, 5) is 1.75. The van der Waals surface area contributed by atoms with E-state index in [1.54, 1.807) is 12.0 Å². The van der Waals surface area contributed by atoms with E-state index in [4.69, 9.17) is 4.74 Å². The first-order valence-electron chi connectivity index (χ1n) is 10.1. The zero-order valence-corrected chi connectivity index (χ0v) is 16.6. The van der Waals surface area contributed by atoms with Crippen LogP contribution in [0.2, 0.25) is 0 Å². The van der Waals surface area contributed by atoms with Crippen LogP contribution in [-0.4, -0.2) is 42.5 Å². The number of hydrogen-bond acceptors (Lipinski definition) is 3. The molecule has 29 heavy (non-hydrogen) atoms. The molecule has 0 radical (unpaired) electrons. The molecule has 0 unspecified atom stereocenters. The Morgan fingerprint density at radius 1 is 1.24 bits per heavy atom. The second-order valence-electron chi connectivity index (χ2n) is 7.62. The minimum Gasteiger partial charge on any atom is -0.497 e. The summed E-state index contributed by atoms with van der Waals surface area (Å²) in [6.07, 6.45) is 10.0. The predicted molar refractivity (Wildman–Crippen MR) is 110 cm³/mol.